The molecule has 1 aliphatic rings. The maximum Gasteiger partial charge on any atom is 0.122 e. The molecule has 1 aromatic rings. The van der Waals surface area contributed by atoms with E-state index < -0.39 is 0 Å². The van der Waals surface area contributed by atoms with Crippen LogP contribution < -0.4 is 5.09 Å². The molecule has 18 heavy (non-hydrogen) atoms. The predicted molar refractivity (Wildman–Crippen MR) is 79.1 cm³/mol. The summed E-state index contributed by atoms with van der Waals surface area (Å²) in [7, 11) is 2.63. The van der Waals surface area contributed by atoms with Gasteiger partial charge in [0.15, 0.2) is 0 Å². The molecule has 0 fully saturated rings. The van der Waals surface area contributed by atoms with Crippen molar-refractivity contribution in [2.24, 2.45) is 5.41 Å². The van der Waals surface area contributed by atoms with E-state index in [1.54, 1.807) is 6.26 Å². The summed E-state index contributed by atoms with van der Waals surface area (Å²) in [6.07, 6.45) is 1.74. The molecule has 0 aromatic carbocycles. The number of allylic oxidation sites excluding steroid dienone is 2. The minimum Gasteiger partial charge on any atom is -0.468 e. The van der Waals surface area contributed by atoms with E-state index >= 15 is 0 Å². The zero-order chi connectivity index (χ0) is 13.5. The van der Waals surface area contributed by atoms with Gasteiger partial charge in [0.25, 0.3) is 0 Å². The summed E-state index contributed by atoms with van der Waals surface area (Å²) in [6, 6.07) is 4.13. The van der Waals surface area contributed by atoms with Gasteiger partial charge in [-0.05, 0) is 51.0 Å². The van der Waals surface area contributed by atoms with Gasteiger partial charge in [-0.3, -0.25) is 5.09 Å². The fraction of sp³-hybridized carbons (Fsp3) is 0.467. The van der Waals surface area contributed by atoms with E-state index in [-0.39, 0.29) is 11.5 Å². The van der Waals surface area contributed by atoms with Crippen LogP contribution in [0.5, 0.6) is 0 Å². The Morgan fingerprint density at radius 3 is 2.11 bits per heavy atom. The quantitative estimate of drug-likeness (QED) is 0.818. The topological polar surface area (TPSA) is 25.2 Å². The van der Waals surface area contributed by atoms with Crippen LogP contribution in [0.25, 0.3) is 0 Å². The Balaban J connectivity index is 2.55. The van der Waals surface area contributed by atoms with E-state index in [4.69, 9.17) is 4.42 Å². The van der Waals surface area contributed by atoms with Crippen molar-refractivity contribution in [3.05, 3.63) is 46.4 Å². The van der Waals surface area contributed by atoms with Crippen molar-refractivity contribution in [2.45, 2.75) is 40.7 Å². The van der Waals surface area contributed by atoms with Crippen molar-refractivity contribution < 1.29 is 4.42 Å². The van der Waals surface area contributed by atoms with Crippen LogP contribution in [0.15, 0.2) is 45.1 Å². The number of hydrogen-bond donors (Lipinski definition) is 1. The zero-order valence-corrected chi connectivity index (χ0v) is 12.9. The van der Waals surface area contributed by atoms with Gasteiger partial charge in [-0.1, -0.05) is 27.5 Å². The van der Waals surface area contributed by atoms with Crippen LogP contribution in [0.1, 0.15) is 46.4 Å². The van der Waals surface area contributed by atoms with Crippen LogP contribution >= 0.6 is 9.39 Å². The van der Waals surface area contributed by atoms with Crippen molar-refractivity contribution in [1.29, 1.82) is 0 Å². The van der Waals surface area contributed by atoms with E-state index in [2.05, 4.69) is 49.1 Å². The van der Waals surface area contributed by atoms with E-state index in [1.165, 1.54) is 22.3 Å². The van der Waals surface area contributed by atoms with Gasteiger partial charge in [0, 0.05) is 5.41 Å². The van der Waals surface area contributed by atoms with Crippen molar-refractivity contribution in [2.75, 3.05) is 0 Å². The highest BCUT2D eigenvalue weighted by atomic mass is 31.0. The molecule has 0 spiro atoms. The highest BCUT2D eigenvalue weighted by molar-refractivity contribution is 7.13. The smallest absolute Gasteiger partial charge is 0.122 e. The summed E-state index contributed by atoms with van der Waals surface area (Å²) in [5, 5.41) is 3.34. The molecule has 1 aromatic heterocycles. The number of furan rings is 1. The largest absolute Gasteiger partial charge is 0.468 e. The Morgan fingerprint density at radius 1 is 1.17 bits per heavy atom. The Morgan fingerprint density at radius 2 is 1.72 bits per heavy atom. The molecule has 0 bridgehead atoms. The van der Waals surface area contributed by atoms with Crippen LogP contribution in [0.3, 0.4) is 0 Å². The van der Waals surface area contributed by atoms with Crippen molar-refractivity contribution >= 4 is 9.39 Å². The minimum absolute atomic E-state index is 0.0201. The molecule has 2 rings (SSSR count). The third-order valence-corrected chi connectivity index (χ3v) is 5.15. The molecule has 0 aliphatic heterocycles. The molecular formula is C15H22NOP. The van der Waals surface area contributed by atoms with Crippen LogP contribution in [0, 0.1) is 5.41 Å². The van der Waals surface area contributed by atoms with Crippen LogP contribution in [-0.2, 0) is 0 Å². The second kappa shape index (κ2) is 4.68. The maximum absolute atomic E-state index is 5.61. The first-order valence-corrected chi connectivity index (χ1v) is 6.88. The Kier molecular flexibility index (Phi) is 3.53. The Hall–Kier alpha value is -0.850. The molecule has 0 radical (unpaired) electrons. The first kappa shape index (κ1) is 13.6. The van der Waals surface area contributed by atoms with Gasteiger partial charge in [0.05, 0.1) is 12.3 Å². The summed E-state index contributed by atoms with van der Waals surface area (Å²) >= 11 is 0. The third kappa shape index (κ3) is 1.71. The molecular weight excluding hydrogens is 241 g/mol. The minimum atomic E-state index is -0.0201. The molecule has 1 N–H and O–H groups in total. The Bertz CT molecular complexity index is 487. The standard InChI is InChI=1S/C15H22NOP/c1-9-10(2)12(4)15(5,11(9)3)14(16-18)13-7-6-8-17-13/h6-8,14,16H,18H2,1-5H3/t14-/m1/s1. The lowest BCUT2D eigenvalue weighted by Crippen LogP contribution is -2.32. The highest BCUT2D eigenvalue weighted by Gasteiger charge is 2.44. The first-order valence-electron chi connectivity index (χ1n) is 6.30. The molecule has 2 nitrogen and oxygen atoms in total. The molecule has 1 heterocycles. The van der Waals surface area contributed by atoms with Crippen molar-refractivity contribution in [1.82, 2.24) is 5.09 Å². The van der Waals surface area contributed by atoms with E-state index in [9.17, 15) is 0 Å². The molecule has 1 unspecified atom stereocenters. The molecule has 0 amide bonds. The van der Waals surface area contributed by atoms with Gasteiger partial charge in [-0.2, -0.15) is 0 Å². The van der Waals surface area contributed by atoms with E-state index in [0.717, 1.165) is 5.76 Å². The summed E-state index contributed by atoms with van der Waals surface area (Å²) in [4.78, 5) is 0. The van der Waals surface area contributed by atoms with Crippen LogP contribution in [0.2, 0.25) is 0 Å². The summed E-state index contributed by atoms with van der Waals surface area (Å²) in [5.74, 6) is 0.980. The second-order valence-electron chi connectivity index (χ2n) is 5.32. The summed E-state index contributed by atoms with van der Waals surface area (Å²) in [5.41, 5.74) is 5.65. The molecule has 0 saturated heterocycles. The average Bonchev–Trinajstić information content (AvgIpc) is 2.93. The molecule has 2 atom stereocenters. The van der Waals surface area contributed by atoms with Gasteiger partial charge in [-0.25, -0.2) is 0 Å². The van der Waals surface area contributed by atoms with Gasteiger partial charge in [-0.15, -0.1) is 0 Å². The molecule has 1 aliphatic carbocycles. The normalized spacial score (nSPS) is 20.8. The fourth-order valence-corrected chi connectivity index (χ4v) is 3.54. The zero-order valence-electron chi connectivity index (χ0n) is 11.8. The van der Waals surface area contributed by atoms with Crippen LogP contribution in [-0.4, -0.2) is 0 Å². The van der Waals surface area contributed by atoms with Gasteiger partial charge >= 0.3 is 0 Å². The Labute approximate surface area is 112 Å². The van der Waals surface area contributed by atoms with Crippen LogP contribution in [0.4, 0.5) is 0 Å². The van der Waals surface area contributed by atoms with Crippen molar-refractivity contribution in [3.63, 3.8) is 0 Å². The second-order valence-corrected chi connectivity index (χ2v) is 5.65. The van der Waals surface area contributed by atoms with Gasteiger partial charge < -0.3 is 4.42 Å². The summed E-state index contributed by atoms with van der Waals surface area (Å²) in [6.45, 7) is 11.2. The first-order chi connectivity index (χ1) is 8.44. The molecule has 98 valence electrons. The van der Waals surface area contributed by atoms with Crippen molar-refractivity contribution in [3.8, 4) is 0 Å². The van der Waals surface area contributed by atoms with Gasteiger partial charge in [0.2, 0.25) is 0 Å². The average molecular weight is 263 g/mol. The number of rotatable bonds is 3. The van der Waals surface area contributed by atoms with E-state index in [1.807, 2.05) is 12.1 Å². The predicted octanol–water partition coefficient (Wildman–Crippen LogP) is 4.39. The molecule has 0 saturated carbocycles. The lowest BCUT2D eigenvalue weighted by atomic mass is 9.72. The lowest BCUT2D eigenvalue weighted by molar-refractivity contribution is 0.314. The maximum atomic E-state index is 5.61. The monoisotopic (exact) mass is 263 g/mol. The number of hydrogen-bond acceptors (Lipinski definition) is 2. The number of nitrogens with one attached hydrogen (secondary N) is 1. The van der Waals surface area contributed by atoms with Gasteiger partial charge in [0.1, 0.15) is 5.76 Å². The SMILES string of the molecule is CC1=C(C)C(C)([C@H](NP)c2ccco2)C(C)=C1C. The summed E-state index contributed by atoms with van der Waals surface area (Å²) < 4.78 is 5.61. The van der Waals surface area contributed by atoms with E-state index in [0.29, 0.717) is 0 Å². The fourth-order valence-electron chi connectivity index (χ4n) is 3.04. The molecule has 3 heteroatoms. The highest BCUT2D eigenvalue weighted by Crippen LogP contribution is 2.53. The lowest BCUT2D eigenvalue weighted by Gasteiger charge is -2.36. The third-order valence-electron chi connectivity index (χ3n) is 4.82.